The molecule has 9 heteroatoms. The lowest BCUT2D eigenvalue weighted by Gasteiger charge is -2.07. The number of anilines is 1. The molecule has 0 atom stereocenters. The Hall–Kier alpha value is -2.81. The number of hydrogen-bond acceptors (Lipinski definition) is 4. The molecule has 3 aromatic rings. The first-order chi connectivity index (χ1) is 12.4. The molecular formula is C17H16F2N4O2S. The van der Waals surface area contributed by atoms with Gasteiger partial charge in [0.1, 0.15) is 23.1 Å². The Bertz CT molecular complexity index is 1000. The van der Waals surface area contributed by atoms with Gasteiger partial charge in [-0.1, -0.05) is 31.2 Å². The molecule has 0 aliphatic heterocycles. The Morgan fingerprint density at radius 3 is 2.31 bits per heavy atom. The van der Waals surface area contributed by atoms with E-state index in [0.717, 1.165) is 24.6 Å². The summed E-state index contributed by atoms with van der Waals surface area (Å²) in [5.41, 5.74) is -0.123. The molecule has 2 aromatic carbocycles. The second-order valence-corrected chi connectivity index (χ2v) is 7.09. The van der Waals surface area contributed by atoms with Gasteiger partial charge in [-0.15, -0.1) is 5.10 Å². The number of nitrogens with zero attached hydrogens (tertiary/aromatic N) is 3. The standard InChI is InChI=1S/C17H16F2N4O2S/c1-2-7-15-20-17(21-23(15)12-8-4-3-5-9-12)26(24,25)22-16-13(18)10-6-11-14(16)19/h3-6,8-11,22H,2,7H2,1H3. The van der Waals surface area contributed by atoms with Crippen molar-refractivity contribution in [2.45, 2.75) is 24.9 Å². The fraction of sp³-hybridized carbons (Fsp3) is 0.176. The Labute approximate surface area is 149 Å². The van der Waals surface area contributed by atoms with Crippen molar-refractivity contribution in [1.29, 1.82) is 0 Å². The molecule has 0 aliphatic carbocycles. The molecule has 0 radical (unpaired) electrons. The van der Waals surface area contributed by atoms with E-state index in [4.69, 9.17) is 0 Å². The molecule has 0 saturated carbocycles. The van der Waals surface area contributed by atoms with Crippen molar-refractivity contribution in [2.75, 3.05) is 4.72 Å². The monoisotopic (exact) mass is 378 g/mol. The van der Waals surface area contributed by atoms with Crippen molar-refractivity contribution >= 4 is 15.7 Å². The molecule has 1 aromatic heterocycles. The molecule has 0 saturated heterocycles. The minimum atomic E-state index is -4.36. The van der Waals surface area contributed by atoms with Crippen molar-refractivity contribution in [3.63, 3.8) is 0 Å². The summed E-state index contributed by atoms with van der Waals surface area (Å²) in [6, 6.07) is 12.0. The van der Waals surface area contributed by atoms with Crippen LogP contribution in [0.15, 0.2) is 53.7 Å². The molecule has 26 heavy (non-hydrogen) atoms. The molecule has 0 aliphatic rings. The van der Waals surface area contributed by atoms with Crippen LogP contribution in [0.2, 0.25) is 0 Å². The molecule has 0 unspecified atom stereocenters. The zero-order chi connectivity index (χ0) is 18.7. The van der Waals surface area contributed by atoms with Crippen LogP contribution in [0.4, 0.5) is 14.5 Å². The molecule has 0 amide bonds. The van der Waals surface area contributed by atoms with Crippen LogP contribution in [0.5, 0.6) is 0 Å². The molecular weight excluding hydrogens is 362 g/mol. The molecule has 0 fully saturated rings. The summed E-state index contributed by atoms with van der Waals surface area (Å²) in [6.45, 7) is 1.92. The van der Waals surface area contributed by atoms with Crippen LogP contribution in [0.3, 0.4) is 0 Å². The van der Waals surface area contributed by atoms with E-state index in [1.165, 1.54) is 4.68 Å². The van der Waals surface area contributed by atoms with Gasteiger partial charge in [0.25, 0.3) is 15.2 Å². The highest BCUT2D eigenvalue weighted by Crippen LogP contribution is 2.22. The largest absolute Gasteiger partial charge is 0.299 e. The van der Waals surface area contributed by atoms with Crippen LogP contribution in [-0.4, -0.2) is 23.2 Å². The van der Waals surface area contributed by atoms with Crippen molar-refractivity contribution in [3.05, 3.63) is 66.0 Å². The summed E-state index contributed by atoms with van der Waals surface area (Å²) in [6.07, 6.45) is 1.21. The quantitative estimate of drug-likeness (QED) is 0.714. The maximum absolute atomic E-state index is 13.8. The van der Waals surface area contributed by atoms with Gasteiger partial charge in [0, 0.05) is 6.42 Å². The first-order valence-electron chi connectivity index (χ1n) is 7.90. The molecule has 1 heterocycles. The van der Waals surface area contributed by atoms with Gasteiger partial charge in [-0.05, 0) is 30.7 Å². The lowest BCUT2D eigenvalue weighted by Crippen LogP contribution is -2.17. The van der Waals surface area contributed by atoms with Gasteiger partial charge in [-0.2, -0.15) is 8.42 Å². The average molecular weight is 378 g/mol. The maximum atomic E-state index is 13.8. The van der Waals surface area contributed by atoms with Gasteiger partial charge < -0.3 is 0 Å². The summed E-state index contributed by atoms with van der Waals surface area (Å²) in [4.78, 5) is 4.06. The third-order valence-electron chi connectivity index (χ3n) is 3.57. The fourth-order valence-corrected chi connectivity index (χ4v) is 3.34. The minimum absolute atomic E-state index is 0.438. The van der Waals surface area contributed by atoms with Crippen molar-refractivity contribution in [2.24, 2.45) is 0 Å². The third-order valence-corrected chi connectivity index (χ3v) is 4.70. The topological polar surface area (TPSA) is 76.9 Å². The summed E-state index contributed by atoms with van der Waals surface area (Å²) in [5.74, 6) is -1.61. The number of rotatable bonds is 6. The Morgan fingerprint density at radius 2 is 1.69 bits per heavy atom. The van der Waals surface area contributed by atoms with Gasteiger partial charge in [-0.3, -0.25) is 4.72 Å². The fourth-order valence-electron chi connectivity index (χ4n) is 2.37. The SMILES string of the molecule is CCCc1nc(S(=O)(=O)Nc2c(F)cccc2F)nn1-c1ccccc1. The Balaban J connectivity index is 2.03. The van der Waals surface area contributed by atoms with Crippen molar-refractivity contribution in [3.8, 4) is 5.69 Å². The van der Waals surface area contributed by atoms with Crippen LogP contribution in [0.25, 0.3) is 5.69 Å². The molecule has 6 nitrogen and oxygen atoms in total. The first-order valence-corrected chi connectivity index (χ1v) is 9.39. The lowest BCUT2D eigenvalue weighted by molar-refractivity contribution is 0.578. The van der Waals surface area contributed by atoms with E-state index in [1.54, 1.807) is 24.3 Å². The minimum Gasteiger partial charge on any atom is -0.271 e. The second-order valence-electron chi connectivity index (χ2n) is 5.51. The second kappa shape index (κ2) is 7.20. The number of nitrogens with one attached hydrogen (secondary N) is 1. The normalized spacial score (nSPS) is 11.5. The lowest BCUT2D eigenvalue weighted by atomic mass is 10.3. The molecule has 136 valence electrons. The van der Waals surface area contributed by atoms with Crippen molar-refractivity contribution < 1.29 is 17.2 Å². The highest BCUT2D eigenvalue weighted by Gasteiger charge is 2.25. The Kier molecular flexibility index (Phi) is 4.99. The zero-order valence-corrected chi connectivity index (χ0v) is 14.7. The van der Waals surface area contributed by atoms with Gasteiger partial charge in [0.2, 0.25) is 0 Å². The maximum Gasteiger partial charge on any atom is 0.299 e. The predicted molar refractivity (Wildman–Crippen MR) is 92.5 cm³/mol. The molecule has 3 rings (SSSR count). The number of sulfonamides is 1. The van der Waals surface area contributed by atoms with E-state index < -0.39 is 32.5 Å². The number of aromatic nitrogens is 3. The highest BCUT2D eigenvalue weighted by atomic mass is 32.2. The summed E-state index contributed by atoms with van der Waals surface area (Å²) < 4.78 is 55.9. The Morgan fingerprint density at radius 1 is 1.04 bits per heavy atom. The van der Waals surface area contributed by atoms with Crippen LogP contribution in [-0.2, 0) is 16.4 Å². The van der Waals surface area contributed by atoms with E-state index in [0.29, 0.717) is 17.9 Å². The number of aryl methyl sites for hydroxylation is 1. The zero-order valence-electron chi connectivity index (χ0n) is 13.9. The third kappa shape index (κ3) is 3.57. The van der Waals surface area contributed by atoms with Gasteiger partial charge in [0.15, 0.2) is 0 Å². The predicted octanol–water partition coefficient (Wildman–Crippen LogP) is 3.30. The summed E-state index contributed by atoms with van der Waals surface area (Å²) in [5, 5.41) is 3.49. The van der Waals surface area contributed by atoms with Crippen LogP contribution in [0, 0.1) is 11.6 Å². The van der Waals surface area contributed by atoms with Crippen LogP contribution >= 0.6 is 0 Å². The average Bonchev–Trinajstić information content (AvgIpc) is 3.04. The number of para-hydroxylation sites is 2. The number of hydrogen-bond donors (Lipinski definition) is 1. The van der Waals surface area contributed by atoms with E-state index >= 15 is 0 Å². The van der Waals surface area contributed by atoms with E-state index in [-0.39, 0.29) is 0 Å². The van der Waals surface area contributed by atoms with Crippen LogP contribution < -0.4 is 4.72 Å². The summed E-state index contributed by atoms with van der Waals surface area (Å²) >= 11 is 0. The number of benzene rings is 2. The van der Waals surface area contributed by atoms with Crippen LogP contribution in [0.1, 0.15) is 19.2 Å². The smallest absolute Gasteiger partial charge is 0.271 e. The molecule has 1 N–H and O–H groups in total. The van der Waals surface area contributed by atoms with Gasteiger partial charge in [0.05, 0.1) is 5.69 Å². The van der Waals surface area contributed by atoms with Crippen molar-refractivity contribution in [1.82, 2.24) is 14.8 Å². The first kappa shape index (κ1) is 18.0. The highest BCUT2D eigenvalue weighted by molar-refractivity contribution is 7.92. The summed E-state index contributed by atoms with van der Waals surface area (Å²) in [7, 11) is -4.36. The number of halogens is 2. The molecule has 0 spiro atoms. The van der Waals surface area contributed by atoms with E-state index in [9.17, 15) is 17.2 Å². The molecule has 0 bridgehead atoms. The van der Waals surface area contributed by atoms with Gasteiger partial charge in [-0.25, -0.2) is 18.4 Å². The van der Waals surface area contributed by atoms with E-state index in [2.05, 4.69) is 10.1 Å². The van der Waals surface area contributed by atoms with E-state index in [1.807, 2.05) is 17.7 Å². The van der Waals surface area contributed by atoms with Gasteiger partial charge >= 0.3 is 0 Å².